The van der Waals surface area contributed by atoms with Crippen molar-refractivity contribution < 1.29 is 13.7 Å². The van der Waals surface area contributed by atoms with Crippen LogP contribution in [0.25, 0.3) is 11.3 Å². The molecule has 1 amide bonds. The molecule has 0 fully saturated rings. The lowest BCUT2D eigenvalue weighted by Gasteiger charge is -2.06. The molecule has 0 aliphatic rings. The summed E-state index contributed by atoms with van der Waals surface area (Å²) in [4.78, 5) is 12.0. The molecular weight excluding hydrogens is 343 g/mol. The van der Waals surface area contributed by atoms with Crippen LogP contribution in [0.4, 0.5) is 4.39 Å². The molecule has 0 saturated carbocycles. The van der Waals surface area contributed by atoms with Gasteiger partial charge in [-0.25, -0.2) is 4.39 Å². The van der Waals surface area contributed by atoms with Gasteiger partial charge < -0.3 is 9.84 Å². The Morgan fingerprint density at radius 2 is 1.84 bits per heavy atom. The second-order valence-electron chi connectivity index (χ2n) is 5.60. The van der Waals surface area contributed by atoms with E-state index < -0.39 is 0 Å². The minimum absolute atomic E-state index is 0.0683. The van der Waals surface area contributed by atoms with Crippen molar-refractivity contribution in [1.82, 2.24) is 10.5 Å². The van der Waals surface area contributed by atoms with Crippen LogP contribution in [-0.2, 0) is 17.8 Å². The normalized spacial score (nSPS) is 10.6. The van der Waals surface area contributed by atoms with Crippen molar-refractivity contribution in [3.8, 4) is 11.3 Å². The summed E-state index contributed by atoms with van der Waals surface area (Å²) in [5.41, 5.74) is 3.18. The van der Waals surface area contributed by atoms with Gasteiger partial charge in [0.25, 0.3) is 0 Å². The summed E-state index contributed by atoms with van der Waals surface area (Å²) in [7, 11) is 0. The first kappa shape index (κ1) is 17.2. The molecule has 2 aromatic carbocycles. The fourth-order valence-electron chi connectivity index (χ4n) is 2.42. The molecule has 0 saturated heterocycles. The van der Waals surface area contributed by atoms with Gasteiger partial charge in [-0.1, -0.05) is 28.9 Å². The number of halogens is 2. The van der Waals surface area contributed by atoms with E-state index in [1.807, 2.05) is 12.1 Å². The van der Waals surface area contributed by atoms with Crippen molar-refractivity contribution in [3.05, 3.63) is 76.8 Å². The van der Waals surface area contributed by atoms with Gasteiger partial charge in [0.1, 0.15) is 17.8 Å². The summed E-state index contributed by atoms with van der Waals surface area (Å²) < 4.78 is 18.0. The second-order valence-corrected chi connectivity index (χ2v) is 6.03. The van der Waals surface area contributed by atoms with Crippen LogP contribution in [0.2, 0.25) is 5.02 Å². The number of rotatable bonds is 6. The Balaban J connectivity index is 1.55. The standard InChI is InChI=1S/C19H16ClFN2O2/c20-16-6-1-13(2-7-16)11-22-18(24)10-5-15-12-25-23-19(15)14-3-8-17(21)9-4-14/h1-4,6-9,12H,5,10-11H2,(H,22,24). The van der Waals surface area contributed by atoms with Crippen LogP contribution in [0.3, 0.4) is 0 Å². The molecule has 3 rings (SSSR count). The maximum Gasteiger partial charge on any atom is 0.220 e. The molecule has 1 N–H and O–H groups in total. The maximum atomic E-state index is 13.0. The van der Waals surface area contributed by atoms with E-state index in [9.17, 15) is 9.18 Å². The molecule has 0 bridgehead atoms. The number of nitrogens with zero attached hydrogens (tertiary/aromatic N) is 1. The molecule has 3 aromatic rings. The van der Waals surface area contributed by atoms with Gasteiger partial charge in [0.2, 0.25) is 5.91 Å². The first-order valence-corrected chi connectivity index (χ1v) is 8.20. The summed E-state index contributed by atoms with van der Waals surface area (Å²) in [5, 5.41) is 7.48. The molecule has 6 heteroatoms. The predicted octanol–water partition coefficient (Wildman–Crippen LogP) is 4.38. The minimum Gasteiger partial charge on any atom is -0.364 e. The van der Waals surface area contributed by atoms with E-state index in [1.54, 1.807) is 24.3 Å². The van der Waals surface area contributed by atoms with Crippen molar-refractivity contribution >= 4 is 17.5 Å². The lowest BCUT2D eigenvalue weighted by molar-refractivity contribution is -0.121. The van der Waals surface area contributed by atoms with Gasteiger partial charge in [-0.15, -0.1) is 0 Å². The number of benzene rings is 2. The van der Waals surface area contributed by atoms with Crippen molar-refractivity contribution in [3.63, 3.8) is 0 Å². The van der Waals surface area contributed by atoms with Gasteiger partial charge in [0.15, 0.2) is 0 Å². The zero-order valence-electron chi connectivity index (χ0n) is 13.3. The van der Waals surface area contributed by atoms with E-state index in [2.05, 4.69) is 10.5 Å². The summed E-state index contributed by atoms with van der Waals surface area (Å²) in [6, 6.07) is 13.3. The highest BCUT2D eigenvalue weighted by Gasteiger charge is 2.12. The van der Waals surface area contributed by atoms with E-state index >= 15 is 0 Å². The van der Waals surface area contributed by atoms with Gasteiger partial charge in [-0.2, -0.15) is 0 Å². The largest absolute Gasteiger partial charge is 0.364 e. The Labute approximate surface area is 149 Å². The molecule has 0 aliphatic carbocycles. The van der Waals surface area contributed by atoms with E-state index in [4.69, 9.17) is 16.1 Å². The van der Waals surface area contributed by atoms with E-state index in [-0.39, 0.29) is 11.7 Å². The highest BCUT2D eigenvalue weighted by atomic mass is 35.5. The third-order valence-electron chi connectivity index (χ3n) is 3.79. The lowest BCUT2D eigenvalue weighted by Crippen LogP contribution is -2.22. The minimum atomic E-state index is -0.310. The number of aromatic nitrogens is 1. The average molecular weight is 359 g/mol. The molecule has 1 heterocycles. The topological polar surface area (TPSA) is 55.1 Å². The molecule has 0 spiro atoms. The fraction of sp³-hybridized carbons (Fsp3) is 0.158. The van der Waals surface area contributed by atoms with Crippen LogP contribution in [0.15, 0.2) is 59.3 Å². The number of hydrogen-bond donors (Lipinski definition) is 1. The van der Waals surface area contributed by atoms with Crippen molar-refractivity contribution in [2.45, 2.75) is 19.4 Å². The van der Waals surface area contributed by atoms with Crippen LogP contribution < -0.4 is 5.32 Å². The quantitative estimate of drug-likeness (QED) is 0.711. The number of carbonyl (C=O) groups excluding carboxylic acids is 1. The van der Waals surface area contributed by atoms with Gasteiger partial charge >= 0.3 is 0 Å². The van der Waals surface area contributed by atoms with Crippen molar-refractivity contribution in [2.75, 3.05) is 0 Å². The highest BCUT2D eigenvalue weighted by molar-refractivity contribution is 6.30. The van der Waals surface area contributed by atoms with Crippen LogP contribution in [0.5, 0.6) is 0 Å². The molecule has 0 aliphatic heterocycles. The van der Waals surface area contributed by atoms with Gasteiger partial charge in [-0.05, 0) is 48.4 Å². The van der Waals surface area contributed by atoms with E-state index in [0.29, 0.717) is 30.1 Å². The monoisotopic (exact) mass is 358 g/mol. The molecule has 1 aromatic heterocycles. The number of amides is 1. The summed E-state index contributed by atoms with van der Waals surface area (Å²) in [6.07, 6.45) is 2.32. The van der Waals surface area contributed by atoms with Crippen molar-refractivity contribution in [2.24, 2.45) is 0 Å². The van der Waals surface area contributed by atoms with Gasteiger partial charge in [0, 0.05) is 29.1 Å². The maximum absolute atomic E-state index is 13.0. The smallest absolute Gasteiger partial charge is 0.220 e. The third kappa shape index (κ3) is 4.67. The van der Waals surface area contributed by atoms with Gasteiger partial charge in [-0.3, -0.25) is 4.79 Å². The Kier molecular flexibility index (Phi) is 5.46. The summed E-state index contributed by atoms with van der Waals surface area (Å²) >= 11 is 5.83. The molecule has 0 radical (unpaired) electrons. The zero-order chi connectivity index (χ0) is 17.6. The molecule has 128 valence electrons. The molecule has 25 heavy (non-hydrogen) atoms. The predicted molar refractivity (Wildman–Crippen MR) is 93.5 cm³/mol. The number of aryl methyl sites for hydroxylation is 1. The summed E-state index contributed by atoms with van der Waals surface area (Å²) in [5.74, 6) is -0.378. The van der Waals surface area contributed by atoms with E-state index in [1.165, 1.54) is 18.4 Å². The van der Waals surface area contributed by atoms with Crippen LogP contribution in [0.1, 0.15) is 17.5 Å². The van der Waals surface area contributed by atoms with Crippen LogP contribution in [0, 0.1) is 5.82 Å². The molecular formula is C19H16ClFN2O2. The fourth-order valence-corrected chi connectivity index (χ4v) is 2.55. The second kappa shape index (κ2) is 7.94. The van der Waals surface area contributed by atoms with Crippen LogP contribution in [-0.4, -0.2) is 11.1 Å². The van der Waals surface area contributed by atoms with Crippen LogP contribution >= 0.6 is 11.6 Å². The Hall–Kier alpha value is -2.66. The number of hydrogen-bond acceptors (Lipinski definition) is 3. The number of carbonyl (C=O) groups is 1. The summed E-state index contributed by atoms with van der Waals surface area (Å²) in [6.45, 7) is 0.449. The number of nitrogens with one attached hydrogen (secondary N) is 1. The third-order valence-corrected chi connectivity index (χ3v) is 4.04. The van der Waals surface area contributed by atoms with Gasteiger partial charge in [0.05, 0.1) is 0 Å². The van der Waals surface area contributed by atoms with Crippen molar-refractivity contribution in [1.29, 1.82) is 0 Å². The Morgan fingerprint density at radius 1 is 1.12 bits per heavy atom. The zero-order valence-corrected chi connectivity index (χ0v) is 14.1. The molecule has 0 atom stereocenters. The SMILES string of the molecule is O=C(CCc1conc1-c1ccc(F)cc1)NCc1ccc(Cl)cc1. The Bertz CT molecular complexity index is 845. The first-order chi connectivity index (χ1) is 12.1. The molecule has 0 unspecified atom stereocenters. The Morgan fingerprint density at radius 3 is 2.56 bits per heavy atom. The first-order valence-electron chi connectivity index (χ1n) is 7.82. The molecule has 4 nitrogen and oxygen atoms in total. The van der Waals surface area contributed by atoms with E-state index in [0.717, 1.165) is 16.7 Å². The average Bonchev–Trinajstić information content (AvgIpc) is 3.09. The lowest BCUT2D eigenvalue weighted by atomic mass is 10.0. The highest BCUT2D eigenvalue weighted by Crippen LogP contribution is 2.23.